The van der Waals surface area contributed by atoms with E-state index in [0.29, 0.717) is 0 Å². The van der Waals surface area contributed by atoms with Gasteiger partial charge in [0, 0.05) is 0 Å². The van der Waals surface area contributed by atoms with Crippen molar-refractivity contribution in [3.05, 3.63) is 60.2 Å². The van der Waals surface area contributed by atoms with Crippen LogP contribution in [0.3, 0.4) is 0 Å². The molecule has 0 amide bonds. The molecule has 0 saturated carbocycles. The van der Waals surface area contributed by atoms with E-state index >= 15 is 0 Å². The van der Waals surface area contributed by atoms with Crippen LogP contribution in [0, 0.1) is 0 Å². The number of benzene rings is 1. The average molecular weight is 246 g/mol. The van der Waals surface area contributed by atoms with Crippen LogP contribution in [0.1, 0.15) is 18.9 Å². The summed E-state index contributed by atoms with van der Waals surface area (Å²) < 4.78 is 0. The Morgan fingerprint density at radius 2 is 2.00 bits per heavy atom. The van der Waals surface area contributed by atoms with Gasteiger partial charge in [0.2, 0.25) is 5.12 Å². The Bertz CT molecular complexity index is 379. The Morgan fingerprint density at radius 3 is 2.71 bits per heavy atom. The number of rotatable bonds is 6. The van der Waals surface area contributed by atoms with Crippen LogP contribution in [0.5, 0.6) is 0 Å². The third-order valence-electron chi connectivity index (χ3n) is 2.21. The second-order valence-corrected chi connectivity index (χ2v) is 4.83. The first-order valence-electron chi connectivity index (χ1n) is 5.87. The molecule has 0 aliphatic carbocycles. The lowest BCUT2D eigenvalue weighted by Gasteiger charge is -1.95. The number of hydrogen-bond acceptors (Lipinski definition) is 2. The first kappa shape index (κ1) is 13.8. The quantitative estimate of drug-likeness (QED) is 0.557. The molecule has 0 radical (unpaired) electrons. The summed E-state index contributed by atoms with van der Waals surface area (Å²) in [5.41, 5.74) is 1.35. The molecular weight excluding hydrogens is 228 g/mol. The topological polar surface area (TPSA) is 17.1 Å². The summed E-state index contributed by atoms with van der Waals surface area (Å²) in [5.74, 6) is 0.834. The van der Waals surface area contributed by atoms with E-state index in [0.717, 1.165) is 18.6 Å². The fourth-order valence-corrected chi connectivity index (χ4v) is 1.85. The minimum absolute atomic E-state index is 0.125. The van der Waals surface area contributed by atoms with Gasteiger partial charge in [0.25, 0.3) is 0 Å². The van der Waals surface area contributed by atoms with Crippen LogP contribution in [0.25, 0.3) is 0 Å². The summed E-state index contributed by atoms with van der Waals surface area (Å²) in [6, 6.07) is 10.4. The summed E-state index contributed by atoms with van der Waals surface area (Å²) in [6.45, 7) is 1.98. The summed E-state index contributed by atoms with van der Waals surface area (Å²) >= 11 is 1.33. The lowest BCUT2D eigenvalue weighted by atomic mass is 10.1. The Hall–Kier alpha value is -1.28. The molecule has 2 heteroatoms. The molecule has 1 rings (SSSR count). The van der Waals surface area contributed by atoms with Crippen LogP contribution in [-0.4, -0.2) is 10.9 Å². The number of carbonyl (C=O) groups excluding carboxylic acids is 1. The summed E-state index contributed by atoms with van der Waals surface area (Å²) in [4.78, 5) is 11.1. The molecule has 0 saturated heterocycles. The van der Waals surface area contributed by atoms with Crippen molar-refractivity contribution in [1.82, 2.24) is 0 Å². The minimum atomic E-state index is 0.125. The van der Waals surface area contributed by atoms with Crippen molar-refractivity contribution in [3.63, 3.8) is 0 Å². The lowest BCUT2D eigenvalue weighted by Crippen LogP contribution is -1.83. The lowest BCUT2D eigenvalue weighted by molar-refractivity contribution is -0.107. The molecule has 0 fully saturated rings. The zero-order valence-electron chi connectivity index (χ0n) is 10.1. The van der Waals surface area contributed by atoms with Crippen LogP contribution >= 0.6 is 11.8 Å². The second-order valence-electron chi connectivity index (χ2n) is 3.56. The minimum Gasteiger partial charge on any atom is -0.282 e. The van der Waals surface area contributed by atoms with Crippen LogP contribution in [0.2, 0.25) is 0 Å². The summed E-state index contributed by atoms with van der Waals surface area (Å²) in [6.07, 6.45) is 9.51. The third-order valence-corrected chi connectivity index (χ3v) is 2.92. The molecule has 0 N–H and O–H groups in total. The standard InChI is InChI=1S/C15H18OS/c1-2-17-15(16)13-9-4-3-6-10-14-11-7-5-8-12-14/h3-5,7-9,11-13H,2,6,10H2,1H3/b4-3+,13-9+. The molecule has 1 aromatic carbocycles. The van der Waals surface area contributed by atoms with E-state index in [-0.39, 0.29) is 5.12 Å². The number of thioether (sulfide) groups is 1. The van der Waals surface area contributed by atoms with Crippen LogP contribution in [0.4, 0.5) is 0 Å². The van der Waals surface area contributed by atoms with Crippen molar-refractivity contribution in [2.75, 3.05) is 5.75 Å². The number of allylic oxidation sites excluding steroid dienone is 3. The van der Waals surface area contributed by atoms with E-state index in [1.54, 1.807) is 6.08 Å². The third kappa shape index (κ3) is 6.80. The van der Waals surface area contributed by atoms with Gasteiger partial charge in [-0.3, -0.25) is 4.79 Å². The normalized spacial score (nSPS) is 11.4. The SMILES string of the molecule is CCSC(=O)/C=C/C=C/CCc1ccccc1. The van der Waals surface area contributed by atoms with E-state index in [9.17, 15) is 4.79 Å². The molecule has 17 heavy (non-hydrogen) atoms. The molecule has 0 spiro atoms. The molecule has 0 heterocycles. The summed E-state index contributed by atoms with van der Waals surface area (Å²) in [5, 5.41) is 0.125. The first-order valence-corrected chi connectivity index (χ1v) is 6.85. The highest BCUT2D eigenvalue weighted by Crippen LogP contribution is 2.03. The van der Waals surface area contributed by atoms with Gasteiger partial charge in [-0.05, 0) is 30.2 Å². The van der Waals surface area contributed by atoms with Crippen molar-refractivity contribution in [2.24, 2.45) is 0 Å². The van der Waals surface area contributed by atoms with Crippen molar-refractivity contribution in [1.29, 1.82) is 0 Å². The molecule has 0 aliphatic rings. The largest absolute Gasteiger partial charge is 0.282 e. The molecule has 1 nitrogen and oxygen atoms in total. The maximum atomic E-state index is 11.1. The van der Waals surface area contributed by atoms with Gasteiger partial charge >= 0.3 is 0 Å². The molecule has 0 bridgehead atoms. The highest BCUT2D eigenvalue weighted by molar-refractivity contribution is 8.14. The van der Waals surface area contributed by atoms with Crippen molar-refractivity contribution >= 4 is 16.9 Å². The maximum Gasteiger partial charge on any atom is 0.212 e. The fourth-order valence-electron chi connectivity index (χ4n) is 1.39. The van der Waals surface area contributed by atoms with E-state index in [1.165, 1.54) is 17.3 Å². The fraction of sp³-hybridized carbons (Fsp3) is 0.267. The van der Waals surface area contributed by atoms with Gasteiger partial charge in [0.15, 0.2) is 0 Å². The number of hydrogen-bond donors (Lipinski definition) is 0. The molecular formula is C15H18OS. The van der Waals surface area contributed by atoms with Crippen LogP contribution in [0.15, 0.2) is 54.6 Å². The second kappa shape index (κ2) is 8.82. The Morgan fingerprint density at radius 1 is 1.24 bits per heavy atom. The maximum absolute atomic E-state index is 11.1. The molecule has 0 unspecified atom stereocenters. The average Bonchev–Trinajstić information content (AvgIpc) is 2.35. The van der Waals surface area contributed by atoms with E-state index in [1.807, 2.05) is 25.1 Å². The van der Waals surface area contributed by atoms with Gasteiger partial charge in [-0.25, -0.2) is 0 Å². The van der Waals surface area contributed by atoms with Crippen LogP contribution < -0.4 is 0 Å². The zero-order chi connectivity index (χ0) is 12.3. The van der Waals surface area contributed by atoms with E-state index < -0.39 is 0 Å². The molecule has 0 aliphatic heterocycles. The van der Waals surface area contributed by atoms with Gasteiger partial charge in [-0.15, -0.1) is 0 Å². The Balaban J connectivity index is 2.21. The smallest absolute Gasteiger partial charge is 0.212 e. The number of aryl methyl sites for hydroxylation is 1. The van der Waals surface area contributed by atoms with Gasteiger partial charge in [0.05, 0.1) is 0 Å². The molecule has 0 atom stereocenters. The van der Waals surface area contributed by atoms with Gasteiger partial charge in [-0.1, -0.05) is 67.2 Å². The van der Waals surface area contributed by atoms with Gasteiger partial charge in [-0.2, -0.15) is 0 Å². The molecule has 1 aromatic rings. The van der Waals surface area contributed by atoms with Crippen molar-refractivity contribution in [3.8, 4) is 0 Å². The molecule has 0 aromatic heterocycles. The van der Waals surface area contributed by atoms with Gasteiger partial charge < -0.3 is 0 Å². The Labute approximate surface area is 108 Å². The summed E-state index contributed by atoms with van der Waals surface area (Å²) in [7, 11) is 0. The van der Waals surface area contributed by atoms with Gasteiger partial charge in [0.1, 0.15) is 0 Å². The number of carbonyl (C=O) groups is 1. The predicted octanol–water partition coefficient (Wildman–Crippen LogP) is 4.01. The molecule has 90 valence electrons. The van der Waals surface area contributed by atoms with Crippen LogP contribution in [-0.2, 0) is 11.2 Å². The van der Waals surface area contributed by atoms with E-state index in [4.69, 9.17) is 0 Å². The monoisotopic (exact) mass is 246 g/mol. The first-order chi connectivity index (χ1) is 8.33. The Kier molecular flexibility index (Phi) is 7.15. The van der Waals surface area contributed by atoms with E-state index in [2.05, 4.69) is 30.3 Å². The van der Waals surface area contributed by atoms with Crippen molar-refractivity contribution in [2.45, 2.75) is 19.8 Å². The predicted molar refractivity (Wildman–Crippen MR) is 76.2 cm³/mol. The van der Waals surface area contributed by atoms with Crippen molar-refractivity contribution < 1.29 is 4.79 Å². The highest BCUT2D eigenvalue weighted by atomic mass is 32.2. The zero-order valence-corrected chi connectivity index (χ0v) is 11.0. The highest BCUT2D eigenvalue weighted by Gasteiger charge is 1.91.